The van der Waals surface area contributed by atoms with Crippen LogP contribution in [0.1, 0.15) is 24.2 Å². The van der Waals surface area contributed by atoms with E-state index in [1.54, 1.807) is 24.4 Å². The summed E-state index contributed by atoms with van der Waals surface area (Å²) in [5.74, 6) is 0. The van der Waals surface area contributed by atoms with E-state index in [9.17, 15) is 0 Å². The highest BCUT2D eigenvalue weighted by Crippen LogP contribution is 2.32. The predicted octanol–water partition coefficient (Wildman–Crippen LogP) is 4.02. The van der Waals surface area contributed by atoms with Crippen molar-refractivity contribution in [2.24, 2.45) is 5.73 Å². The lowest BCUT2D eigenvalue weighted by Gasteiger charge is -2.16. The molecule has 1 heterocycles. The number of aryl methyl sites for hydroxylation is 1. The third-order valence-electron chi connectivity index (χ3n) is 2.72. The molecule has 2 aromatic rings. The van der Waals surface area contributed by atoms with E-state index in [0.29, 0.717) is 10.0 Å². The lowest BCUT2D eigenvalue weighted by atomic mass is 10.0. The molecule has 0 spiro atoms. The van der Waals surface area contributed by atoms with Crippen molar-refractivity contribution in [1.29, 1.82) is 0 Å². The van der Waals surface area contributed by atoms with Crippen LogP contribution in [-0.2, 0) is 6.54 Å². The van der Waals surface area contributed by atoms with Gasteiger partial charge in [-0.05, 0) is 46.6 Å². The van der Waals surface area contributed by atoms with Crippen molar-refractivity contribution in [3.63, 3.8) is 0 Å². The van der Waals surface area contributed by atoms with E-state index in [-0.39, 0.29) is 6.04 Å². The van der Waals surface area contributed by atoms with Gasteiger partial charge in [0.15, 0.2) is 0 Å². The minimum atomic E-state index is -0.368. The molecule has 0 bridgehead atoms. The zero-order valence-corrected chi connectivity index (χ0v) is 12.8. The summed E-state index contributed by atoms with van der Waals surface area (Å²) in [6.45, 7) is 2.75. The van der Waals surface area contributed by atoms with E-state index in [0.717, 1.165) is 22.3 Å². The van der Waals surface area contributed by atoms with Crippen LogP contribution in [0.3, 0.4) is 0 Å². The number of aromatic nitrogens is 2. The van der Waals surface area contributed by atoms with E-state index in [4.69, 9.17) is 28.9 Å². The molecule has 0 amide bonds. The van der Waals surface area contributed by atoms with Crippen LogP contribution in [0.15, 0.2) is 28.9 Å². The molecule has 3 nitrogen and oxygen atoms in total. The van der Waals surface area contributed by atoms with E-state index >= 15 is 0 Å². The Bertz CT molecular complexity index is 568. The number of nitrogens with two attached hydrogens (primary N) is 1. The highest BCUT2D eigenvalue weighted by atomic mass is 79.9. The Morgan fingerprint density at radius 1 is 1.44 bits per heavy atom. The van der Waals surface area contributed by atoms with Crippen molar-refractivity contribution in [3.8, 4) is 0 Å². The zero-order chi connectivity index (χ0) is 13.3. The van der Waals surface area contributed by atoms with E-state index in [1.165, 1.54) is 0 Å². The minimum Gasteiger partial charge on any atom is -0.319 e. The largest absolute Gasteiger partial charge is 0.319 e. The summed E-state index contributed by atoms with van der Waals surface area (Å²) in [6, 6.07) is 4.91. The Hall–Kier alpha value is -0.550. The van der Waals surface area contributed by atoms with Gasteiger partial charge >= 0.3 is 0 Å². The van der Waals surface area contributed by atoms with Gasteiger partial charge in [-0.3, -0.25) is 4.68 Å². The Morgan fingerprint density at radius 2 is 2.17 bits per heavy atom. The summed E-state index contributed by atoms with van der Waals surface area (Å²) >= 11 is 15.6. The first-order chi connectivity index (χ1) is 8.54. The molecule has 6 heteroatoms. The topological polar surface area (TPSA) is 43.8 Å². The van der Waals surface area contributed by atoms with Gasteiger partial charge in [0.25, 0.3) is 0 Å². The molecule has 0 saturated heterocycles. The van der Waals surface area contributed by atoms with Crippen LogP contribution >= 0.6 is 39.1 Å². The monoisotopic (exact) mass is 347 g/mol. The first-order valence-electron chi connectivity index (χ1n) is 5.46. The molecule has 1 aromatic carbocycles. The molecule has 0 aliphatic heterocycles. The predicted molar refractivity (Wildman–Crippen MR) is 78.1 cm³/mol. The lowest BCUT2D eigenvalue weighted by molar-refractivity contribution is 0.599. The molecule has 0 aliphatic rings. The molecule has 1 aromatic heterocycles. The molecular weight excluding hydrogens is 337 g/mol. The molecule has 18 heavy (non-hydrogen) atoms. The Balaban J connectivity index is 2.50. The summed E-state index contributed by atoms with van der Waals surface area (Å²) in [7, 11) is 0. The van der Waals surface area contributed by atoms with Gasteiger partial charge in [0.2, 0.25) is 0 Å². The Labute approximate surface area is 124 Å². The maximum atomic E-state index is 6.27. The quantitative estimate of drug-likeness (QED) is 0.910. The van der Waals surface area contributed by atoms with Gasteiger partial charge in [-0.2, -0.15) is 5.10 Å². The molecule has 0 radical (unpaired) electrons. The standard InChI is InChI=1S/C12H12BrCl2N3/c1-2-18-12(9(13)6-17-18)11(16)8-5-7(14)3-4-10(8)15/h3-6,11H,2,16H2,1H3. The van der Waals surface area contributed by atoms with E-state index < -0.39 is 0 Å². The van der Waals surface area contributed by atoms with E-state index in [1.807, 2.05) is 11.6 Å². The van der Waals surface area contributed by atoms with Gasteiger partial charge < -0.3 is 5.73 Å². The zero-order valence-electron chi connectivity index (χ0n) is 9.70. The van der Waals surface area contributed by atoms with Gasteiger partial charge in [-0.25, -0.2) is 0 Å². The number of halogens is 3. The van der Waals surface area contributed by atoms with Crippen molar-refractivity contribution >= 4 is 39.1 Å². The van der Waals surface area contributed by atoms with Gasteiger partial charge in [-0.15, -0.1) is 0 Å². The number of benzene rings is 1. The molecule has 1 unspecified atom stereocenters. The fraction of sp³-hybridized carbons (Fsp3) is 0.250. The van der Waals surface area contributed by atoms with Crippen LogP contribution in [0, 0.1) is 0 Å². The second-order valence-electron chi connectivity index (χ2n) is 3.84. The van der Waals surface area contributed by atoms with Crippen molar-refractivity contribution in [2.75, 3.05) is 0 Å². The van der Waals surface area contributed by atoms with Crippen LogP contribution in [0.5, 0.6) is 0 Å². The van der Waals surface area contributed by atoms with Crippen molar-refractivity contribution in [1.82, 2.24) is 9.78 Å². The van der Waals surface area contributed by atoms with E-state index in [2.05, 4.69) is 21.0 Å². The maximum absolute atomic E-state index is 6.27. The van der Waals surface area contributed by atoms with Gasteiger partial charge in [-0.1, -0.05) is 23.2 Å². The smallest absolute Gasteiger partial charge is 0.0749 e. The highest BCUT2D eigenvalue weighted by molar-refractivity contribution is 9.10. The lowest BCUT2D eigenvalue weighted by Crippen LogP contribution is -2.18. The fourth-order valence-corrected chi connectivity index (χ4v) is 2.79. The average Bonchev–Trinajstić information content (AvgIpc) is 2.72. The molecule has 0 saturated carbocycles. The molecule has 96 valence electrons. The Morgan fingerprint density at radius 3 is 2.83 bits per heavy atom. The van der Waals surface area contributed by atoms with Crippen molar-refractivity contribution < 1.29 is 0 Å². The van der Waals surface area contributed by atoms with Crippen molar-refractivity contribution in [2.45, 2.75) is 19.5 Å². The third kappa shape index (κ3) is 2.57. The number of hydrogen-bond donors (Lipinski definition) is 1. The average molecular weight is 349 g/mol. The third-order valence-corrected chi connectivity index (χ3v) is 3.91. The SMILES string of the molecule is CCn1ncc(Br)c1C(N)c1cc(Cl)ccc1Cl. The molecule has 0 fully saturated rings. The minimum absolute atomic E-state index is 0.368. The fourth-order valence-electron chi connectivity index (χ4n) is 1.83. The first kappa shape index (κ1) is 13.9. The molecule has 0 aliphatic carbocycles. The number of hydrogen-bond acceptors (Lipinski definition) is 2. The molecular formula is C12H12BrCl2N3. The molecule has 1 atom stereocenters. The van der Waals surface area contributed by atoms with Crippen LogP contribution in [0.2, 0.25) is 10.0 Å². The van der Waals surface area contributed by atoms with Gasteiger partial charge in [0.1, 0.15) is 0 Å². The van der Waals surface area contributed by atoms with Gasteiger partial charge in [0, 0.05) is 16.6 Å². The second-order valence-corrected chi connectivity index (χ2v) is 5.53. The van der Waals surface area contributed by atoms with Crippen LogP contribution in [0.25, 0.3) is 0 Å². The summed E-state index contributed by atoms with van der Waals surface area (Å²) in [5, 5.41) is 5.46. The van der Waals surface area contributed by atoms with Crippen LogP contribution in [-0.4, -0.2) is 9.78 Å². The summed E-state index contributed by atoms with van der Waals surface area (Å²) < 4.78 is 2.71. The first-order valence-corrected chi connectivity index (χ1v) is 7.01. The summed E-state index contributed by atoms with van der Waals surface area (Å²) in [4.78, 5) is 0. The Kier molecular flexibility index (Phi) is 4.33. The van der Waals surface area contributed by atoms with Gasteiger partial charge in [0.05, 0.1) is 22.4 Å². The van der Waals surface area contributed by atoms with Crippen LogP contribution in [0.4, 0.5) is 0 Å². The normalized spacial score (nSPS) is 12.7. The summed E-state index contributed by atoms with van der Waals surface area (Å²) in [5.41, 5.74) is 7.96. The second kappa shape index (κ2) is 5.61. The highest BCUT2D eigenvalue weighted by Gasteiger charge is 2.20. The maximum Gasteiger partial charge on any atom is 0.0749 e. The molecule has 2 rings (SSSR count). The van der Waals surface area contributed by atoms with Crippen molar-refractivity contribution in [3.05, 3.63) is 50.2 Å². The van der Waals surface area contributed by atoms with Crippen LogP contribution < -0.4 is 5.73 Å². The summed E-state index contributed by atoms with van der Waals surface area (Å²) in [6.07, 6.45) is 1.73. The number of rotatable bonds is 3. The molecule has 2 N–H and O–H groups in total. The number of nitrogens with zero attached hydrogens (tertiary/aromatic N) is 2.